The Morgan fingerprint density at radius 1 is 1.30 bits per heavy atom. The van der Waals surface area contributed by atoms with Gasteiger partial charge in [0.15, 0.2) is 0 Å². The lowest BCUT2D eigenvalue weighted by Crippen LogP contribution is -2.55. The molecule has 0 bridgehead atoms. The van der Waals surface area contributed by atoms with E-state index in [4.69, 9.17) is 4.74 Å². The molecule has 0 aromatic heterocycles. The van der Waals surface area contributed by atoms with Crippen LogP contribution in [0, 0.1) is 0 Å². The van der Waals surface area contributed by atoms with Crippen LogP contribution in [0.3, 0.4) is 0 Å². The van der Waals surface area contributed by atoms with Gasteiger partial charge in [-0.15, -0.1) is 12.4 Å². The van der Waals surface area contributed by atoms with Crippen LogP contribution >= 0.6 is 12.4 Å². The van der Waals surface area contributed by atoms with Gasteiger partial charge in [-0.2, -0.15) is 0 Å². The van der Waals surface area contributed by atoms with Crippen molar-refractivity contribution in [2.75, 3.05) is 19.7 Å². The van der Waals surface area contributed by atoms with E-state index < -0.39 is 0 Å². The van der Waals surface area contributed by atoms with Crippen LogP contribution in [0.25, 0.3) is 0 Å². The van der Waals surface area contributed by atoms with E-state index >= 15 is 0 Å². The number of hydrogen-bond donors (Lipinski definition) is 2. The first-order chi connectivity index (χ1) is 10.4. The summed E-state index contributed by atoms with van der Waals surface area (Å²) in [6, 6.07) is 8.41. The summed E-state index contributed by atoms with van der Waals surface area (Å²) in [5.74, 6) is 0.0264. The van der Waals surface area contributed by atoms with Crippen LogP contribution < -0.4 is 10.6 Å². The molecular formula is C18H29ClN2O2. The fourth-order valence-electron chi connectivity index (χ4n) is 2.64. The third-order valence-corrected chi connectivity index (χ3v) is 4.13. The minimum Gasteiger partial charge on any atom is -0.375 e. The van der Waals surface area contributed by atoms with Gasteiger partial charge >= 0.3 is 0 Å². The van der Waals surface area contributed by atoms with Crippen molar-refractivity contribution in [3.8, 4) is 0 Å². The summed E-state index contributed by atoms with van der Waals surface area (Å²) in [5.41, 5.74) is 2.75. The third-order valence-electron chi connectivity index (χ3n) is 4.13. The van der Waals surface area contributed by atoms with E-state index in [-0.39, 0.29) is 35.9 Å². The highest BCUT2D eigenvalue weighted by Crippen LogP contribution is 2.22. The second-order valence-electron chi connectivity index (χ2n) is 7.00. The van der Waals surface area contributed by atoms with Crippen molar-refractivity contribution in [1.82, 2.24) is 10.6 Å². The molecule has 0 radical (unpaired) electrons. The number of halogens is 1. The van der Waals surface area contributed by atoms with E-state index in [2.05, 4.69) is 55.7 Å². The van der Waals surface area contributed by atoms with E-state index in [1.165, 1.54) is 11.1 Å². The molecule has 1 aromatic rings. The Morgan fingerprint density at radius 2 is 1.96 bits per heavy atom. The van der Waals surface area contributed by atoms with Gasteiger partial charge in [0.1, 0.15) is 6.04 Å². The number of rotatable bonds is 4. The molecule has 4 nitrogen and oxygen atoms in total. The molecule has 0 aliphatic carbocycles. The maximum Gasteiger partial charge on any atom is 0.239 e. The van der Waals surface area contributed by atoms with Crippen molar-refractivity contribution < 1.29 is 9.53 Å². The van der Waals surface area contributed by atoms with E-state index in [1.54, 1.807) is 0 Å². The van der Waals surface area contributed by atoms with Crippen molar-refractivity contribution in [2.24, 2.45) is 0 Å². The van der Waals surface area contributed by atoms with E-state index in [0.717, 1.165) is 13.0 Å². The van der Waals surface area contributed by atoms with Gasteiger partial charge in [-0.05, 0) is 29.9 Å². The van der Waals surface area contributed by atoms with Gasteiger partial charge in [0, 0.05) is 13.1 Å². The van der Waals surface area contributed by atoms with Crippen LogP contribution in [0.5, 0.6) is 0 Å². The minimum atomic E-state index is -0.239. The average molecular weight is 341 g/mol. The zero-order valence-corrected chi connectivity index (χ0v) is 15.3. The van der Waals surface area contributed by atoms with Gasteiger partial charge in [-0.3, -0.25) is 4.79 Å². The van der Waals surface area contributed by atoms with Crippen LogP contribution in [0.2, 0.25) is 0 Å². The first-order valence-electron chi connectivity index (χ1n) is 8.10. The predicted molar refractivity (Wildman–Crippen MR) is 96.3 cm³/mol. The summed E-state index contributed by atoms with van der Waals surface area (Å²) in [6.07, 6.45) is 0.776. The van der Waals surface area contributed by atoms with Crippen molar-refractivity contribution in [1.29, 1.82) is 0 Å². The summed E-state index contributed by atoms with van der Waals surface area (Å²) in [6.45, 7) is 10.6. The molecule has 1 fully saturated rings. The first kappa shape index (κ1) is 19.9. The Kier molecular flexibility index (Phi) is 7.52. The smallest absolute Gasteiger partial charge is 0.239 e. The fraction of sp³-hybridized carbons (Fsp3) is 0.611. The van der Waals surface area contributed by atoms with Gasteiger partial charge < -0.3 is 15.4 Å². The highest BCUT2D eigenvalue weighted by Gasteiger charge is 2.27. The number of amides is 1. The van der Waals surface area contributed by atoms with Crippen LogP contribution in [-0.2, 0) is 21.4 Å². The molecule has 1 aliphatic heterocycles. The van der Waals surface area contributed by atoms with Crippen LogP contribution in [0.1, 0.15) is 38.8 Å². The topological polar surface area (TPSA) is 50.4 Å². The molecule has 23 heavy (non-hydrogen) atoms. The maximum atomic E-state index is 12.1. The number of benzene rings is 1. The molecule has 1 aliphatic rings. The molecule has 0 saturated carbocycles. The largest absolute Gasteiger partial charge is 0.375 e. The quantitative estimate of drug-likeness (QED) is 0.885. The summed E-state index contributed by atoms with van der Waals surface area (Å²) >= 11 is 0. The second kappa shape index (κ2) is 8.67. The maximum absolute atomic E-state index is 12.1. The highest BCUT2D eigenvalue weighted by atomic mass is 35.5. The molecule has 1 amide bonds. The van der Waals surface area contributed by atoms with E-state index in [9.17, 15) is 4.79 Å². The lowest BCUT2D eigenvalue weighted by atomic mass is 9.86. The zero-order chi connectivity index (χ0) is 16.2. The van der Waals surface area contributed by atoms with E-state index in [0.29, 0.717) is 13.2 Å². The third kappa shape index (κ3) is 5.79. The summed E-state index contributed by atoms with van der Waals surface area (Å²) in [4.78, 5) is 12.1. The molecule has 130 valence electrons. The zero-order valence-electron chi connectivity index (χ0n) is 14.5. The molecule has 2 rings (SSSR count). The Labute approximate surface area is 145 Å². The Bertz CT molecular complexity index is 497. The molecule has 0 spiro atoms. The predicted octanol–water partition coefficient (Wildman–Crippen LogP) is 2.44. The number of hydrogen-bond acceptors (Lipinski definition) is 3. The molecular weight excluding hydrogens is 312 g/mol. The first-order valence-corrected chi connectivity index (χ1v) is 8.10. The Hall–Kier alpha value is -1.10. The number of nitrogens with one attached hydrogen (secondary N) is 2. The summed E-state index contributed by atoms with van der Waals surface area (Å²) < 4.78 is 5.50. The second-order valence-corrected chi connectivity index (χ2v) is 7.00. The van der Waals surface area contributed by atoms with Crippen LogP contribution in [0.4, 0.5) is 0 Å². The lowest BCUT2D eigenvalue weighted by Gasteiger charge is -2.29. The molecule has 0 unspecified atom stereocenters. The monoisotopic (exact) mass is 340 g/mol. The van der Waals surface area contributed by atoms with Crippen molar-refractivity contribution in [3.63, 3.8) is 0 Å². The fourth-order valence-corrected chi connectivity index (χ4v) is 2.64. The lowest BCUT2D eigenvalue weighted by molar-refractivity contribution is -0.128. The standard InChI is InChI=1S/C18H28N2O2.ClH/c1-13-16(19-11-12-22-13)17(21)20-10-9-14-5-7-15(8-6-14)18(2,3)4;/h5-8,13,16,19H,9-12H2,1-4H3,(H,20,21);1H/t13-,16+;/m1./s1. The molecule has 1 saturated heterocycles. The molecule has 5 heteroatoms. The molecule has 2 atom stereocenters. The summed E-state index contributed by atoms with van der Waals surface area (Å²) in [7, 11) is 0. The van der Waals surface area contributed by atoms with Crippen molar-refractivity contribution >= 4 is 18.3 Å². The van der Waals surface area contributed by atoms with Gasteiger partial charge in [-0.25, -0.2) is 0 Å². The number of ether oxygens (including phenoxy) is 1. The van der Waals surface area contributed by atoms with Gasteiger partial charge in [0.2, 0.25) is 5.91 Å². The number of carbonyl (C=O) groups is 1. The number of carbonyl (C=O) groups excluding carboxylic acids is 1. The minimum absolute atomic E-state index is 0. The average Bonchev–Trinajstić information content (AvgIpc) is 2.47. The summed E-state index contributed by atoms with van der Waals surface area (Å²) in [5, 5.41) is 6.20. The van der Waals surface area contributed by atoms with E-state index in [1.807, 2.05) is 6.92 Å². The SMILES string of the molecule is C[C@H]1OCCN[C@@H]1C(=O)NCCc1ccc(C(C)(C)C)cc1.Cl. The van der Waals surface area contributed by atoms with Gasteiger partial charge in [-0.1, -0.05) is 45.0 Å². The molecule has 1 aromatic carbocycles. The van der Waals surface area contributed by atoms with Crippen molar-refractivity contribution in [3.05, 3.63) is 35.4 Å². The van der Waals surface area contributed by atoms with Gasteiger partial charge in [0.25, 0.3) is 0 Å². The van der Waals surface area contributed by atoms with Crippen molar-refractivity contribution in [2.45, 2.75) is 51.7 Å². The Morgan fingerprint density at radius 3 is 2.52 bits per heavy atom. The normalized spacial score (nSPS) is 21.4. The van der Waals surface area contributed by atoms with Crippen LogP contribution in [-0.4, -0.2) is 37.7 Å². The molecule has 1 heterocycles. The Balaban J connectivity index is 0.00000264. The number of morpholine rings is 1. The highest BCUT2D eigenvalue weighted by molar-refractivity contribution is 5.85. The molecule has 2 N–H and O–H groups in total. The van der Waals surface area contributed by atoms with Gasteiger partial charge in [0.05, 0.1) is 12.7 Å². The van der Waals surface area contributed by atoms with Crippen LogP contribution in [0.15, 0.2) is 24.3 Å².